The fourth-order valence-electron chi connectivity index (χ4n) is 2.15. The van der Waals surface area contributed by atoms with Gasteiger partial charge in [0.25, 0.3) is 0 Å². The Hall–Kier alpha value is -0.830. The van der Waals surface area contributed by atoms with Gasteiger partial charge >= 0.3 is 0 Å². The number of halogens is 1. The van der Waals surface area contributed by atoms with Crippen molar-refractivity contribution in [3.63, 3.8) is 0 Å². The highest BCUT2D eigenvalue weighted by atomic mass is 79.9. The molecule has 0 spiro atoms. The normalized spacial score (nSPS) is 19.1. The van der Waals surface area contributed by atoms with E-state index in [0.717, 1.165) is 17.4 Å². The van der Waals surface area contributed by atoms with Gasteiger partial charge in [0, 0.05) is 23.5 Å². The van der Waals surface area contributed by atoms with Crippen LogP contribution in [0.2, 0.25) is 0 Å². The number of anilines is 1. The van der Waals surface area contributed by atoms with Gasteiger partial charge in [-0.3, -0.25) is 4.79 Å². The lowest BCUT2D eigenvalue weighted by molar-refractivity contribution is -0.118. The molecule has 1 heterocycles. The number of alkyl halides is 1. The van der Waals surface area contributed by atoms with Gasteiger partial charge in [-0.15, -0.1) is 0 Å². The number of nitrogens with zero attached hydrogens (tertiary/aromatic N) is 1. The number of benzene rings is 1. The number of fused-ring (bicyclic) bond motifs is 1. The lowest BCUT2D eigenvalue weighted by atomic mass is 10.1. The standard InChI is InChI=1S/C12H14BrNO/c1-9-8-10-4-2-3-5-11(10)14(9)12(15)6-7-13/h2-5,9H,6-8H2,1H3. The molecule has 1 aromatic rings. The number of carbonyl (C=O) groups excluding carboxylic acids is 1. The van der Waals surface area contributed by atoms with Crippen molar-refractivity contribution in [1.82, 2.24) is 0 Å². The Morgan fingerprint density at radius 1 is 1.53 bits per heavy atom. The molecule has 1 aliphatic heterocycles. The molecule has 1 amide bonds. The number of rotatable bonds is 2. The first-order valence-corrected chi connectivity index (χ1v) is 6.32. The van der Waals surface area contributed by atoms with Gasteiger partial charge in [-0.2, -0.15) is 0 Å². The maximum Gasteiger partial charge on any atom is 0.228 e. The molecule has 0 saturated carbocycles. The summed E-state index contributed by atoms with van der Waals surface area (Å²) in [7, 11) is 0. The predicted octanol–water partition coefficient (Wildman–Crippen LogP) is 2.75. The molecule has 1 aromatic carbocycles. The Labute approximate surface area is 98.4 Å². The lowest BCUT2D eigenvalue weighted by Crippen LogP contribution is -2.35. The highest BCUT2D eigenvalue weighted by Gasteiger charge is 2.29. The molecule has 1 atom stereocenters. The summed E-state index contributed by atoms with van der Waals surface area (Å²) in [5, 5.41) is 0.733. The Kier molecular flexibility index (Phi) is 3.10. The minimum Gasteiger partial charge on any atom is -0.309 e. The van der Waals surface area contributed by atoms with E-state index < -0.39 is 0 Å². The molecule has 1 unspecified atom stereocenters. The second-order valence-electron chi connectivity index (χ2n) is 3.88. The average molecular weight is 268 g/mol. The van der Waals surface area contributed by atoms with Crippen LogP contribution in [0.15, 0.2) is 24.3 Å². The second kappa shape index (κ2) is 4.35. The van der Waals surface area contributed by atoms with Crippen molar-refractivity contribution in [2.24, 2.45) is 0 Å². The number of hydrogen-bond acceptors (Lipinski definition) is 1. The summed E-state index contributed by atoms with van der Waals surface area (Å²) in [5.41, 5.74) is 2.38. The summed E-state index contributed by atoms with van der Waals surface area (Å²) in [6.07, 6.45) is 1.54. The molecule has 0 bridgehead atoms. The molecule has 0 aromatic heterocycles. The molecule has 1 aliphatic rings. The minimum atomic E-state index is 0.212. The van der Waals surface area contributed by atoms with E-state index in [0.29, 0.717) is 12.5 Å². The van der Waals surface area contributed by atoms with Crippen molar-refractivity contribution >= 4 is 27.5 Å². The topological polar surface area (TPSA) is 20.3 Å². The minimum absolute atomic E-state index is 0.212. The molecule has 3 heteroatoms. The van der Waals surface area contributed by atoms with Crippen LogP contribution in [0.25, 0.3) is 0 Å². The van der Waals surface area contributed by atoms with Gasteiger partial charge in [0.05, 0.1) is 0 Å². The van der Waals surface area contributed by atoms with E-state index >= 15 is 0 Å². The van der Waals surface area contributed by atoms with Gasteiger partial charge in [0.1, 0.15) is 0 Å². The zero-order valence-electron chi connectivity index (χ0n) is 8.74. The molecular formula is C12H14BrNO. The summed E-state index contributed by atoms with van der Waals surface area (Å²) in [5.74, 6) is 0.212. The zero-order valence-corrected chi connectivity index (χ0v) is 10.3. The van der Waals surface area contributed by atoms with Crippen molar-refractivity contribution < 1.29 is 4.79 Å². The SMILES string of the molecule is CC1Cc2ccccc2N1C(=O)CCBr. The van der Waals surface area contributed by atoms with Gasteiger partial charge in [0.15, 0.2) is 0 Å². The summed E-state index contributed by atoms with van der Waals surface area (Å²) >= 11 is 3.31. The van der Waals surface area contributed by atoms with Crippen molar-refractivity contribution in [2.75, 3.05) is 10.2 Å². The molecule has 0 radical (unpaired) electrons. The first-order valence-electron chi connectivity index (χ1n) is 5.20. The Bertz CT molecular complexity index is 378. The summed E-state index contributed by atoms with van der Waals surface area (Å²) in [6.45, 7) is 2.10. The van der Waals surface area contributed by atoms with Crippen LogP contribution in [-0.4, -0.2) is 17.3 Å². The maximum atomic E-state index is 11.9. The first kappa shape index (κ1) is 10.7. The molecule has 0 saturated heterocycles. The Balaban J connectivity index is 2.29. The quantitative estimate of drug-likeness (QED) is 0.755. The number of hydrogen-bond donors (Lipinski definition) is 0. The van der Waals surface area contributed by atoms with E-state index in [-0.39, 0.29) is 5.91 Å². The van der Waals surface area contributed by atoms with E-state index in [1.165, 1.54) is 5.56 Å². The predicted molar refractivity (Wildman–Crippen MR) is 65.5 cm³/mol. The molecule has 0 fully saturated rings. The lowest BCUT2D eigenvalue weighted by Gasteiger charge is -2.22. The summed E-state index contributed by atoms with van der Waals surface area (Å²) in [4.78, 5) is 13.8. The number of para-hydroxylation sites is 1. The third-order valence-electron chi connectivity index (χ3n) is 2.78. The molecule has 0 N–H and O–H groups in total. The van der Waals surface area contributed by atoms with E-state index in [9.17, 15) is 4.79 Å². The van der Waals surface area contributed by atoms with Crippen molar-refractivity contribution in [1.29, 1.82) is 0 Å². The molecule has 80 valence electrons. The number of amides is 1. The van der Waals surface area contributed by atoms with Gasteiger partial charge in [-0.1, -0.05) is 34.1 Å². The van der Waals surface area contributed by atoms with E-state index in [1.807, 2.05) is 23.1 Å². The summed E-state index contributed by atoms with van der Waals surface area (Å²) in [6, 6.07) is 8.46. The smallest absolute Gasteiger partial charge is 0.228 e. The van der Waals surface area contributed by atoms with Gasteiger partial charge in [-0.25, -0.2) is 0 Å². The highest BCUT2D eigenvalue weighted by molar-refractivity contribution is 9.09. The van der Waals surface area contributed by atoms with Gasteiger partial charge in [-0.05, 0) is 25.0 Å². The molecule has 2 nitrogen and oxygen atoms in total. The second-order valence-corrected chi connectivity index (χ2v) is 4.68. The van der Waals surface area contributed by atoms with Crippen LogP contribution < -0.4 is 4.90 Å². The fourth-order valence-corrected chi connectivity index (χ4v) is 2.49. The van der Waals surface area contributed by atoms with Crippen LogP contribution in [0, 0.1) is 0 Å². The Morgan fingerprint density at radius 3 is 3.00 bits per heavy atom. The first-order chi connectivity index (χ1) is 7.24. The third kappa shape index (κ3) is 1.93. The molecule has 15 heavy (non-hydrogen) atoms. The number of carbonyl (C=O) groups is 1. The van der Waals surface area contributed by atoms with Crippen LogP contribution in [-0.2, 0) is 11.2 Å². The van der Waals surface area contributed by atoms with E-state index in [1.54, 1.807) is 0 Å². The largest absolute Gasteiger partial charge is 0.309 e. The van der Waals surface area contributed by atoms with Crippen LogP contribution >= 0.6 is 15.9 Å². The van der Waals surface area contributed by atoms with E-state index in [4.69, 9.17) is 0 Å². The van der Waals surface area contributed by atoms with E-state index in [2.05, 4.69) is 28.9 Å². The molecular weight excluding hydrogens is 254 g/mol. The molecule has 0 aliphatic carbocycles. The van der Waals surface area contributed by atoms with Crippen LogP contribution in [0.3, 0.4) is 0 Å². The van der Waals surface area contributed by atoms with Gasteiger partial charge < -0.3 is 4.90 Å². The average Bonchev–Trinajstić information content (AvgIpc) is 2.54. The fraction of sp³-hybridized carbons (Fsp3) is 0.417. The summed E-state index contributed by atoms with van der Waals surface area (Å²) < 4.78 is 0. The highest BCUT2D eigenvalue weighted by Crippen LogP contribution is 2.32. The maximum absolute atomic E-state index is 11.9. The van der Waals surface area contributed by atoms with Crippen molar-refractivity contribution in [2.45, 2.75) is 25.8 Å². The Morgan fingerprint density at radius 2 is 2.27 bits per heavy atom. The van der Waals surface area contributed by atoms with Crippen LogP contribution in [0.5, 0.6) is 0 Å². The van der Waals surface area contributed by atoms with Gasteiger partial charge in [0.2, 0.25) is 5.91 Å². The van der Waals surface area contributed by atoms with Crippen LogP contribution in [0.1, 0.15) is 18.9 Å². The van der Waals surface area contributed by atoms with Crippen LogP contribution in [0.4, 0.5) is 5.69 Å². The zero-order chi connectivity index (χ0) is 10.8. The van der Waals surface area contributed by atoms with Crippen molar-refractivity contribution in [3.05, 3.63) is 29.8 Å². The monoisotopic (exact) mass is 267 g/mol. The van der Waals surface area contributed by atoms with Crippen molar-refractivity contribution in [3.8, 4) is 0 Å². The molecule has 2 rings (SSSR count). The third-order valence-corrected chi connectivity index (χ3v) is 3.18.